The van der Waals surface area contributed by atoms with Crippen LogP contribution >= 0.6 is 0 Å². The minimum absolute atomic E-state index is 0.596. The van der Waals surface area contributed by atoms with Gasteiger partial charge in [-0.3, -0.25) is 4.68 Å². The van der Waals surface area contributed by atoms with Gasteiger partial charge >= 0.3 is 0 Å². The van der Waals surface area contributed by atoms with E-state index in [1.54, 1.807) is 0 Å². The van der Waals surface area contributed by atoms with Crippen LogP contribution in [0.2, 0.25) is 0 Å². The van der Waals surface area contributed by atoms with Crippen LogP contribution in [0.4, 0.5) is 0 Å². The zero-order valence-corrected chi connectivity index (χ0v) is 10.4. The molecule has 0 atom stereocenters. The summed E-state index contributed by atoms with van der Waals surface area (Å²) in [7, 11) is 0. The molecule has 0 unspecified atom stereocenters. The van der Waals surface area contributed by atoms with Crippen molar-refractivity contribution in [1.29, 1.82) is 0 Å². The molecule has 0 aliphatic heterocycles. The Balaban J connectivity index is 1.86. The molecule has 0 saturated heterocycles. The molecule has 1 heterocycles. The largest absolute Gasteiger partial charge is 0.269 e. The van der Waals surface area contributed by atoms with Crippen LogP contribution in [0, 0.1) is 0 Å². The molecule has 1 aromatic heterocycles. The molecule has 88 valence electrons. The molecule has 3 rings (SSSR count). The topological polar surface area (TPSA) is 17.8 Å². The number of aromatic nitrogens is 2. The zero-order chi connectivity index (χ0) is 11.8. The van der Waals surface area contributed by atoms with E-state index in [9.17, 15) is 0 Å². The third-order valence-electron chi connectivity index (χ3n) is 3.43. The predicted octanol–water partition coefficient (Wildman–Crippen LogP) is 4.01. The SMILES string of the molecule is CC(C)c1ccc(-c2cnn(C3CC3)c2)cc1. The maximum absolute atomic E-state index is 4.43. The lowest BCUT2D eigenvalue weighted by atomic mass is 10.0. The summed E-state index contributed by atoms with van der Waals surface area (Å²) in [6, 6.07) is 9.49. The average Bonchev–Trinajstić information content (AvgIpc) is 3.07. The van der Waals surface area contributed by atoms with Crippen molar-refractivity contribution in [3.05, 3.63) is 42.2 Å². The molecule has 1 aromatic carbocycles. The van der Waals surface area contributed by atoms with Crippen LogP contribution < -0.4 is 0 Å². The van der Waals surface area contributed by atoms with E-state index in [4.69, 9.17) is 0 Å². The van der Waals surface area contributed by atoms with Crippen molar-refractivity contribution in [3.63, 3.8) is 0 Å². The summed E-state index contributed by atoms with van der Waals surface area (Å²) in [5.41, 5.74) is 3.89. The fourth-order valence-electron chi connectivity index (χ4n) is 2.09. The molecule has 2 aromatic rings. The van der Waals surface area contributed by atoms with Crippen LogP contribution in [-0.2, 0) is 0 Å². The highest BCUT2D eigenvalue weighted by molar-refractivity contribution is 5.62. The summed E-state index contributed by atoms with van der Waals surface area (Å²) in [6.45, 7) is 4.44. The van der Waals surface area contributed by atoms with E-state index in [1.807, 2.05) is 6.20 Å². The van der Waals surface area contributed by atoms with Crippen molar-refractivity contribution in [2.45, 2.75) is 38.6 Å². The van der Waals surface area contributed by atoms with Crippen LogP contribution in [0.5, 0.6) is 0 Å². The van der Waals surface area contributed by atoms with Crippen molar-refractivity contribution >= 4 is 0 Å². The third-order valence-corrected chi connectivity index (χ3v) is 3.43. The standard InChI is InChI=1S/C15H18N2/c1-11(2)12-3-5-13(6-4-12)14-9-16-17(10-14)15-7-8-15/h3-6,9-11,15H,7-8H2,1-2H3. The van der Waals surface area contributed by atoms with Gasteiger partial charge < -0.3 is 0 Å². The van der Waals surface area contributed by atoms with E-state index in [-0.39, 0.29) is 0 Å². The summed E-state index contributed by atoms with van der Waals surface area (Å²) in [6.07, 6.45) is 6.71. The molecule has 17 heavy (non-hydrogen) atoms. The molecule has 2 heteroatoms. The van der Waals surface area contributed by atoms with Gasteiger partial charge in [0.2, 0.25) is 0 Å². The Labute approximate surface area is 102 Å². The smallest absolute Gasteiger partial charge is 0.0568 e. The molecule has 1 aliphatic carbocycles. The predicted molar refractivity (Wildman–Crippen MR) is 70.0 cm³/mol. The quantitative estimate of drug-likeness (QED) is 0.773. The second kappa shape index (κ2) is 4.02. The molecule has 0 spiro atoms. The van der Waals surface area contributed by atoms with Gasteiger partial charge in [0, 0.05) is 11.8 Å². The normalized spacial score (nSPS) is 15.5. The second-order valence-corrected chi connectivity index (χ2v) is 5.22. The lowest BCUT2D eigenvalue weighted by Crippen LogP contribution is -1.91. The minimum Gasteiger partial charge on any atom is -0.269 e. The van der Waals surface area contributed by atoms with E-state index in [1.165, 1.54) is 29.5 Å². The summed E-state index contributed by atoms with van der Waals surface area (Å²) in [4.78, 5) is 0. The molecule has 2 nitrogen and oxygen atoms in total. The molecular formula is C15H18N2. The lowest BCUT2D eigenvalue weighted by Gasteiger charge is -2.05. The molecule has 1 aliphatic rings. The molecule has 1 saturated carbocycles. The van der Waals surface area contributed by atoms with Gasteiger partial charge in [0.05, 0.1) is 12.2 Å². The summed E-state index contributed by atoms with van der Waals surface area (Å²) >= 11 is 0. The monoisotopic (exact) mass is 226 g/mol. The Kier molecular flexibility index (Phi) is 2.50. The van der Waals surface area contributed by atoms with E-state index in [2.05, 4.69) is 54.1 Å². The molecule has 0 N–H and O–H groups in total. The lowest BCUT2D eigenvalue weighted by molar-refractivity contribution is 0.642. The first-order valence-electron chi connectivity index (χ1n) is 6.38. The highest BCUT2D eigenvalue weighted by atomic mass is 15.3. The Morgan fingerprint density at radius 1 is 1.12 bits per heavy atom. The van der Waals surface area contributed by atoms with E-state index in [0.717, 1.165) is 0 Å². The van der Waals surface area contributed by atoms with Gasteiger partial charge in [0.1, 0.15) is 0 Å². The second-order valence-electron chi connectivity index (χ2n) is 5.22. The fourth-order valence-corrected chi connectivity index (χ4v) is 2.09. The Morgan fingerprint density at radius 2 is 1.82 bits per heavy atom. The molecule has 0 bridgehead atoms. The van der Waals surface area contributed by atoms with Crippen LogP contribution in [0.25, 0.3) is 11.1 Å². The maximum Gasteiger partial charge on any atom is 0.0568 e. The first-order chi connectivity index (χ1) is 8.24. The van der Waals surface area contributed by atoms with Crippen LogP contribution in [0.3, 0.4) is 0 Å². The van der Waals surface area contributed by atoms with Crippen LogP contribution in [0.1, 0.15) is 44.2 Å². The van der Waals surface area contributed by atoms with Gasteiger partial charge in [-0.1, -0.05) is 38.1 Å². The van der Waals surface area contributed by atoms with E-state index >= 15 is 0 Å². The average molecular weight is 226 g/mol. The van der Waals surface area contributed by atoms with E-state index in [0.29, 0.717) is 12.0 Å². The van der Waals surface area contributed by atoms with E-state index < -0.39 is 0 Å². The van der Waals surface area contributed by atoms with Crippen molar-refractivity contribution < 1.29 is 0 Å². The van der Waals surface area contributed by atoms with Crippen molar-refractivity contribution in [2.75, 3.05) is 0 Å². The Hall–Kier alpha value is -1.57. The molecule has 0 radical (unpaired) electrons. The van der Waals surface area contributed by atoms with Gasteiger partial charge in [-0.2, -0.15) is 5.10 Å². The summed E-state index contributed by atoms with van der Waals surface area (Å²) in [5, 5.41) is 4.43. The number of rotatable bonds is 3. The number of benzene rings is 1. The van der Waals surface area contributed by atoms with Gasteiger partial charge in [0.25, 0.3) is 0 Å². The highest BCUT2D eigenvalue weighted by Gasteiger charge is 2.24. The highest BCUT2D eigenvalue weighted by Crippen LogP contribution is 2.35. The van der Waals surface area contributed by atoms with Crippen molar-refractivity contribution in [3.8, 4) is 11.1 Å². The van der Waals surface area contributed by atoms with Crippen molar-refractivity contribution in [2.24, 2.45) is 0 Å². The Bertz CT molecular complexity index is 504. The molecular weight excluding hydrogens is 208 g/mol. The first-order valence-corrected chi connectivity index (χ1v) is 6.38. The third kappa shape index (κ3) is 2.12. The zero-order valence-electron chi connectivity index (χ0n) is 10.4. The van der Waals surface area contributed by atoms with Crippen LogP contribution in [-0.4, -0.2) is 9.78 Å². The minimum atomic E-state index is 0.596. The maximum atomic E-state index is 4.43. The van der Waals surface area contributed by atoms with Gasteiger partial charge in [0.15, 0.2) is 0 Å². The Morgan fingerprint density at radius 3 is 2.41 bits per heavy atom. The number of hydrogen-bond acceptors (Lipinski definition) is 1. The summed E-state index contributed by atoms with van der Waals surface area (Å²) < 4.78 is 2.10. The number of hydrogen-bond donors (Lipinski definition) is 0. The number of nitrogens with zero attached hydrogens (tertiary/aromatic N) is 2. The van der Waals surface area contributed by atoms with Gasteiger partial charge in [-0.25, -0.2) is 0 Å². The van der Waals surface area contributed by atoms with Gasteiger partial charge in [-0.05, 0) is 29.9 Å². The van der Waals surface area contributed by atoms with Gasteiger partial charge in [-0.15, -0.1) is 0 Å². The first kappa shape index (κ1) is 10.6. The molecule has 0 amide bonds. The molecule has 1 fully saturated rings. The fraction of sp³-hybridized carbons (Fsp3) is 0.400. The summed E-state index contributed by atoms with van der Waals surface area (Å²) in [5.74, 6) is 0.596. The van der Waals surface area contributed by atoms with Crippen LogP contribution in [0.15, 0.2) is 36.7 Å². The van der Waals surface area contributed by atoms with Crippen molar-refractivity contribution in [1.82, 2.24) is 9.78 Å².